The lowest BCUT2D eigenvalue weighted by atomic mass is 10.2. The largest absolute Gasteiger partial charge is 0.454 e. The van der Waals surface area contributed by atoms with Crippen molar-refractivity contribution in [1.82, 2.24) is 0 Å². The monoisotopic (exact) mass is 180 g/mol. The first kappa shape index (κ1) is 7.61. The summed E-state index contributed by atoms with van der Waals surface area (Å²) in [7, 11) is 0. The van der Waals surface area contributed by atoms with Crippen molar-refractivity contribution in [1.29, 1.82) is 0 Å². The van der Waals surface area contributed by atoms with Gasteiger partial charge in [0.05, 0.1) is 12.1 Å². The zero-order valence-electron chi connectivity index (χ0n) is 6.38. The second-order valence-electron chi connectivity index (χ2n) is 2.34. The Morgan fingerprint density at radius 3 is 3.25 bits per heavy atom. The summed E-state index contributed by atoms with van der Waals surface area (Å²) in [5.74, 6) is 0.798. The third-order valence-electron chi connectivity index (χ3n) is 1.56. The van der Waals surface area contributed by atoms with E-state index >= 15 is 0 Å². The second kappa shape index (κ2) is 3.58. The zero-order valence-corrected chi connectivity index (χ0v) is 7.20. The van der Waals surface area contributed by atoms with Gasteiger partial charge in [-0.05, 0) is 12.2 Å². The molecule has 3 nitrogen and oxygen atoms in total. The molecular weight excluding hydrogens is 172 g/mol. The standard InChI is InChI=1S/C8H8N2OS/c1-3-9-6-12-8(1)7-2-4-11-5-10-7/h1-5,7H,6H2. The lowest BCUT2D eigenvalue weighted by molar-refractivity contribution is 0.476. The van der Waals surface area contributed by atoms with Crippen molar-refractivity contribution in [2.75, 3.05) is 5.88 Å². The lowest BCUT2D eigenvalue weighted by Crippen LogP contribution is -2.08. The molecule has 0 aromatic carbocycles. The third-order valence-corrected chi connectivity index (χ3v) is 2.55. The maximum Gasteiger partial charge on any atom is 0.176 e. The van der Waals surface area contributed by atoms with Crippen LogP contribution in [-0.2, 0) is 4.74 Å². The Balaban J connectivity index is 2.12. The number of ether oxygens (including phenoxy) is 1. The van der Waals surface area contributed by atoms with Crippen LogP contribution in [0.25, 0.3) is 0 Å². The fourth-order valence-electron chi connectivity index (χ4n) is 0.987. The second-order valence-corrected chi connectivity index (χ2v) is 3.36. The molecular formula is C8H8N2OS. The average Bonchev–Trinajstić information content (AvgIpc) is 2.21. The number of nitrogens with zero attached hydrogens (tertiary/aromatic N) is 2. The van der Waals surface area contributed by atoms with Crippen LogP contribution in [0.2, 0.25) is 0 Å². The van der Waals surface area contributed by atoms with Crippen molar-refractivity contribution >= 4 is 24.4 Å². The van der Waals surface area contributed by atoms with E-state index in [1.165, 1.54) is 11.3 Å². The van der Waals surface area contributed by atoms with Crippen LogP contribution in [0.15, 0.2) is 33.3 Å². The lowest BCUT2D eigenvalue weighted by Gasteiger charge is -2.14. The Bertz CT molecular complexity index is 269. The van der Waals surface area contributed by atoms with Gasteiger partial charge in [0.25, 0.3) is 0 Å². The number of aliphatic imine (C=N–C) groups is 2. The molecule has 0 spiro atoms. The Labute approximate surface area is 74.9 Å². The third kappa shape index (κ3) is 1.58. The maximum absolute atomic E-state index is 4.85. The molecule has 0 aromatic rings. The smallest absolute Gasteiger partial charge is 0.176 e. The van der Waals surface area contributed by atoms with Crippen molar-refractivity contribution in [3.8, 4) is 0 Å². The fraction of sp³-hybridized carbons (Fsp3) is 0.250. The van der Waals surface area contributed by atoms with Gasteiger partial charge >= 0.3 is 0 Å². The first-order valence-electron chi connectivity index (χ1n) is 3.63. The zero-order chi connectivity index (χ0) is 8.23. The number of hydrogen-bond acceptors (Lipinski definition) is 4. The van der Waals surface area contributed by atoms with Crippen molar-refractivity contribution in [3.63, 3.8) is 0 Å². The highest BCUT2D eigenvalue weighted by atomic mass is 32.2. The van der Waals surface area contributed by atoms with Crippen LogP contribution in [0, 0.1) is 0 Å². The maximum atomic E-state index is 4.85. The van der Waals surface area contributed by atoms with Crippen molar-refractivity contribution in [2.24, 2.45) is 9.98 Å². The van der Waals surface area contributed by atoms with Gasteiger partial charge in [0.2, 0.25) is 0 Å². The van der Waals surface area contributed by atoms with E-state index in [1.54, 1.807) is 18.0 Å². The molecule has 12 heavy (non-hydrogen) atoms. The fourth-order valence-corrected chi connectivity index (χ4v) is 1.76. The average molecular weight is 180 g/mol. The molecule has 62 valence electrons. The molecule has 0 aliphatic carbocycles. The minimum Gasteiger partial charge on any atom is -0.454 e. The van der Waals surface area contributed by atoms with Gasteiger partial charge in [-0.15, -0.1) is 11.8 Å². The first-order chi connectivity index (χ1) is 5.97. The number of rotatable bonds is 1. The van der Waals surface area contributed by atoms with Gasteiger partial charge in [0.15, 0.2) is 6.40 Å². The predicted octanol–water partition coefficient (Wildman–Crippen LogP) is 1.59. The topological polar surface area (TPSA) is 34.0 Å². The summed E-state index contributed by atoms with van der Waals surface area (Å²) in [5.41, 5.74) is 0. The van der Waals surface area contributed by atoms with Crippen LogP contribution in [0.4, 0.5) is 0 Å². The van der Waals surface area contributed by atoms with E-state index < -0.39 is 0 Å². The molecule has 0 fully saturated rings. The minimum atomic E-state index is 0.135. The van der Waals surface area contributed by atoms with Crippen molar-refractivity contribution in [3.05, 3.63) is 23.3 Å². The molecule has 1 atom stereocenters. The summed E-state index contributed by atoms with van der Waals surface area (Å²) >= 11 is 1.71. The van der Waals surface area contributed by atoms with Gasteiger partial charge in [-0.3, -0.25) is 4.99 Å². The van der Waals surface area contributed by atoms with Crippen LogP contribution < -0.4 is 0 Å². The highest BCUT2D eigenvalue weighted by Gasteiger charge is 2.12. The summed E-state index contributed by atoms with van der Waals surface area (Å²) in [6.45, 7) is 0. The Morgan fingerprint density at radius 1 is 1.58 bits per heavy atom. The molecule has 2 aliphatic heterocycles. The molecule has 0 saturated carbocycles. The van der Waals surface area contributed by atoms with Gasteiger partial charge in [-0.1, -0.05) is 0 Å². The van der Waals surface area contributed by atoms with E-state index in [0.29, 0.717) is 0 Å². The molecule has 2 rings (SSSR count). The van der Waals surface area contributed by atoms with Crippen LogP contribution in [-0.4, -0.2) is 24.5 Å². The molecule has 2 heterocycles. The molecule has 0 aromatic heterocycles. The number of thioether (sulfide) groups is 1. The van der Waals surface area contributed by atoms with Gasteiger partial charge < -0.3 is 4.74 Å². The predicted molar refractivity (Wildman–Crippen MR) is 51.5 cm³/mol. The van der Waals surface area contributed by atoms with E-state index in [0.717, 1.165) is 5.88 Å². The Hall–Kier alpha value is -1.03. The summed E-state index contributed by atoms with van der Waals surface area (Å²) in [5, 5.41) is 0. The van der Waals surface area contributed by atoms with E-state index in [9.17, 15) is 0 Å². The Kier molecular flexibility index (Phi) is 2.27. The molecule has 1 unspecified atom stereocenters. The summed E-state index contributed by atoms with van der Waals surface area (Å²) in [6, 6.07) is 0.135. The summed E-state index contributed by atoms with van der Waals surface area (Å²) in [6.07, 6.45) is 8.87. The van der Waals surface area contributed by atoms with Crippen LogP contribution in [0.1, 0.15) is 0 Å². The minimum absolute atomic E-state index is 0.135. The molecule has 0 saturated heterocycles. The van der Waals surface area contributed by atoms with Gasteiger partial charge in [0, 0.05) is 11.1 Å². The number of hydrogen-bond donors (Lipinski definition) is 0. The van der Waals surface area contributed by atoms with Gasteiger partial charge in [0.1, 0.15) is 6.04 Å². The molecule has 0 amide bonds. The van der Waals surface area contributed by atoms with Gasteiger partial charge in [-0.25, -0.2) is 4.99 Å². The summed E-state index contributed by atoms with van der Waals surface area (Å²) in [4.78, 5) is 9.47. The molecule has 2 aliphatic rings. The molecule has 4 heteroatoms. The van der Waals surface area contributed by atoms with E-state index in [4.69, 9.17) is 4.74 Å². The van der Waals surface area contributed by atoms with Crippen molar-refractivity contribution < 1.29 is 4.74 Å². The first-order valence-corrected chi connectivity index (χ1v) is 4.62. The molecule has 0 N–H and O–H groups in total. The van der Waals surface area contributed by atoms with Crippen LogP contribution in [0.3, 0.4) is 0 Å². The highest BCUT2D eigenvalue weighted by Crippen LogP contribution is 2.25. The number of allylic oxidation sites excluding steroid dienone is 1. The van der Waals surface area contributed by atoms with Crippen LogP contribution in [0.5, 0.6) is 0 Å². The molecule has 0 bridgehead atoms. The Morgan fingerprint density at radius 2 is 2.58 bits per heavy atom. The van der Waals surface area contributed by atoms with E-state index in [-0.39, 0.29) is 6.04 Å². The SMILES string of the molecule is C1=CC(C2=CC=NCS2)N=CO1. The van der Waals surface area contributed by atoms with Crippen LogP contribution >= 0.6 is 11.8 Å². The normalized spacial score (nSPS) is 26.7. The van der Waals surface area contributed by atoms with Crippen molar-refractivity contribution in [2.45, 2.75) is 6.04 Å². The van der Waals surface area contributed by atoms with E-state index in [2.05, 4.69) is 9.98 Å². The van der Waals surface area contributed by atoms with E-state index in [1.807, 2.05) is 18.4 Å². The van der Waals surface area contributed by atoms with Gasteiger partial charge in [-0.2, -0.15) is 0 Å². The quantitative estimate of drug-likeness (QED) is 0.614. The molecule has 0 radical (unpaired) electrons. The summed E-state index contributed by atoms with van der Waals surface area (Å²) < 4.78 is 4.85. The highest BCUT2D eigenvalue weighted by molar-refractivity contribution is 8.03.